The second-order valence-corrected chi connectivity index (χ2v) is 5.34. The van der Waals surface area contributed by atoms with Crippen LogP contribution in [0.25, 0.3) is 0 Å². The summed E-state index contributed by atoms with van der Waals surface area (Å²) in [6, 6.07) is 1.19. The maximum absolute atomic E-state index is 5.50. The van der Waals surface area contributed by atoms with E-state index in [0.29, 0.717) is 12.1 Å². The Morgan fingerprint density at radius 1 is 1.25 bits per heavy atom. The molecule has 0 radical (unpaired) electrons. The van der Waals surface area contributed by atoms with Crippen molar-refractivity contribution in [1.82, 2.24) is 10.2 Å². The Morgan fingerprint density at radius 2 is 2.06 bits per heavy atom. The Morgan fingerprint density at radius 3 is 2.75 bits per heavy atom. The number of rotatable bonds is 4. The van der Waals surface area contributed by atoms with Gasteiger partial charge in [0.05, 0.1) is 6.61 Å². The molecule has 3 heteroatoms. The zero-order chi connectivity index (χ0) is 11.2. The van der Waals surface area contributed by atoms with Gasteiger partial charge in [0.1, 0.15) is 0 Å². The summed E-state index contributed by atoms with van der Waals surface area (Å²) in [6.07, 6.45) is 6.70. The minimum Gasteiger partial charge on any atom is -0.380 e. The molecule has 2 atom stereocenters. The van der Waals surface area contributed by atoms with Gasteiger partial charge in [-0.3, -0.25) is 0 Å². The maximum Gasteiger partial charge on any atom is 0.0619 e. The molecule has 3 nitrogen and oxygen atoms in total. The summed E-state index contributed by atoms with van der Waals surface area (Å²) in [5.74, 6) is 0. The molecule has 94 valence electrons. The molecule has 0 spiro atoms. The summed E-state index contributed by atoms with van der Waals surface area (Å²) < 4.78 is 5.50. The van der Waals surface area contributed by atoms with E-state index in [-0.39, 0.29) is 0 Å². The number of nitrogens with zero attached hydrogens (tertiary/aromatic N) is 1. The zero-order valence-electron chi connectivity index (χ0n) is 10.6. The molecule has 2 fully saturated rings. The topological polar surface area (TPSA) is 24.5 Å². The number of hydrogen-bond acceptors (Lipinski definition) is 3. The van der Waals surface area contributed by atoms with Gasteiger partial charge >= 0.3 is 0 Å². The largest absolute Gasteiger partial charge is 0.380 e. The minimum atomic E-state index is 0.591. The molecular formula is C13H26N2O. The Bertz CT molecular complexity index is 166. The first-order valence-electron chi connectivity index (χ1n) is 6.91. The smallest absolute Gasteiger partial charge is 0.0619 e. The highest BCUT2D eigenvalue weighted by atomic mass is 16.5. The lowest BCUT2D eigenvalue weighted by Gasteiger charge is -2.32. The van der Waals surface area contributed by atoms with Crippen molar-refractivity contribution in [1.29, 1.82) is 0 Å². The van der Waals surface area contributed by atoms with Crippen LogP contribution in [-0.4, -0.2) is 49.8 Å². The summed E-state index contributed by atoms with van der Waals surface area (Å²) in [7, 11) is 0. The third-order valence-corrected chi connectivity index (χ3v) is 3.66. The number of likely N-dealkylation sites (tertiary alicyclic amines) is 1. The van der Waals surface area contributed by atoms with Gasteiger partial charge < -0.3 is 15.0 Å². The van der Waals surface area contributed by atoms with Gasteiger partial charge in [0.25, 0.3) is 0 Å². The third-order valence-electron chi connectivity index (χ3n) is 3.66. The van der Waals surface area contributed by atoms with Gasteiger partial charge in [-0.15, -0.1) is 0 Å². The number of piperidine rings is 1. The van der Waals surface area contributed by atoms with Gasteiger partial charge in [-0.05, 0) is 45.7 Å². The van der Waals surface area contributed by atoms with Gasteiger partial charge in [-0.25, -0.2) is 0 Å². The number of nitrogens with one attached hydrogen (secondary N) is 1. The molecule has 0 aliphatic carbocycles. The van der Waals surface area contributed by atoms with E-state index in [1.54, 1.807) is 0 Å². The Kier molecular flexibility index (Phi) is 5.07. The van der Waals surface area contributed by atoms with Crippen molar-refractivity contribution in [2.75, 3.05) is 32.8 Å². The highest BCUT2D eigenvalue weighted by Gasteiger charge is 2.18. The van der Waals surface area contributed by atoms with E-state index in [1.807, 2.05) is 0 Å². The van der Waals surface area contributed by atoms with Crippen LogP contribution in [0.15, 0.2) is 0 Å². The fourth-order valence-electron chi connectivity index (χ4n) is 2.86. The van der Waals surface area contributed by atoms with Crippen molar-refractivity contribution in [2.24, 2.45) is 0 Å². The van der Waals surface area contributed by atoms with E-state index in [2.05, 4.69) is 17.1 Å². The van der Waals surface area contributed by atoms with Gasteiger partial charge in [0.15, 0.2) is 0 Å². The van der Waals surface area contributed by atoms with E-state index in [1.165, 1.54) is 51.7 Å². The fourth-order valence-corrected chi connectivity index (χ4v) is 2.86. The first-order valence-corrected chi connectivity index (χ1v) is 6.91. The minimum absolute atomic E-state index is 0.591. The Hall–Kier alpha value is -0.120. The van der Waals surface area contributed by atoms with Gasteiger partial charge in [-0.1, -0.05) is 6.42 Å². The van der Waals surface area contributed by atoms with Crippen LogP contribution >= 0.6 is 0 Å². The molecular weight excluding hydrogens is 200 g/mol. The highest BCUT2D eigenvalue weighted by molar-refractivity contribution is 4.77. The van der Waals surface area contributed by atoms with E-state index in [0.717, 1.165) is 13.2 Å². The molecule has 2 rings (SSSR count). The fraction of sp³-hybridized carbons (Fsp3) is 1.00. The lowest BCUT2D eigenvalue weighted by molar-refractivity contribution is 0.0643. The zero-order valence-corrected chi connectivity index (χ0v) is 10.6. The second-order valence-electron chi connectivity index (χ2n) is 5.34. The molecule has 16 heavy (non-hydrogen) atoms. The van der Waals surface area contributed by atoms with Crippen molar-refractivity contribution < 1.29 is 4.74 Å². The Balaban J connectivity index is 1.64. The molecule has 2 heterocycles. The average Bonchev–Trinajstić information content (AvgIpc) is 2.31. The molecule has 0 aromatic rings. The van der Waals surface area contributed by atoms with Gasteiger partial charge in [0.2, 0.25) is 0 Å². The van der Waals surface area contributed by atoms with Gasteiger partial charge in [0, 0.05) is 25.2 Å². The van der Waals surface area contributed by atoms with E-state index in [4.69, 9.17) is 4.74 Å². The molecule has 0 amide bonds. The monoisotopic (exact) mass is 226 g/mol. The van der Waals surface area contributed by atoms with Crippen LogP contribution in [0.2, 0.25) is 0 Å². The quantitative estimate of drug-likeness (QED) is 0.788. The van der Waals surface area contributed by atoms with Crippen LogP contribution in [0, 0.1) is 0 Å². The summed E-state index contributed by atoms with van der Waals surface area (Å²) in [5, 5.41) is 3.70. The molecule has 2 unspecified atom stereocenters. The van der Waals surface area contributed by atoms with Crippen LogP contribution in [-0.2, 0) is 4.74 Å². The normalized spacial score (nSPS) is 30.2. The predicted molar refractivity (Wildman–Crippen MR) is 66.7 cm³/mol. The first kappa shape index (κ1) is 12.3. The highest BCUT2D eigenvalue weighted by Crippen LogP contribution is 2.10. The summed E-state index contributed by atoms with van der Waals surface area (Å²) in [6.45, 7) is 7.98. The Labute approximate surface area is 99.5 Å². The molecule has 0 aromatic carbocycles. The van der Waals surface area contributed by atoms with Crippen molar-refractivity contribution in [3.05, 3.63) is 0 Å². The lowest BCUT2D eigenvalue weighted by atomic mass is 10.1. The summed E-state index contributed by atoms with van der Waals surface area (Å²) in [4.78, 5) is 2.60. The van der Waals surface area contributed by atoms with Crippen LogP contribution in [0.3, 0.4) is 0 Å². The summed E-state index contributed by atoms with van der Waals surface area (Å²) in [5.41, 5.74) is 0. The summed E-state index contributed by atoms with van der Waals surface area (Å²) >= 11 is 0. The van der Waals surface area contributed by atoms with Crippen molar-refractivity contribution in [3.63, 3.8) is 0 Å². The molecule has 2 saturated heterocycles. The first-order chi connectivity index (χ1) is 7.84. The predicted octanol–water partition coefficient (Wildman–Crippen LogP) is 1.63. The number of ether oxygens (including phenoxy) is 1. The van der Waals surface area contributed by atoms with Crippen molar-refractivity contribution in [3.8, 4) is 0 Å². The molecule has 2 aliphatic heterocycles. The molecule has 0 saturated carbocycles. The van der Waals surface area contributed by atoms with Gasteiger partial charge in [-0.2, -0.15) is 0 Å². The number of hydrogen-bond donors (Lipinski definition) is 1. The standard InChI is InChI=1S/C13H26N2O/c1-12(10-15-7-3-2-4-8-15)14-13-6-5-9-16-11-13/h12-14H,2-11H2,1H3. The van der Waals surface area contributed by atoms with Crippen LogP contribution in [0.5, 0.6) is 0 Å². The van der Waals surface area contributed by atoms with Crippen LogP contribution < -0.4 is 5.32 Å². The van der Waals surface area contributed by atoms with Crippen LogP contribution in [0.4, 0.5) is 0 Å². The molecule has 1 N–H and O–H groups in total. The maximum atomic E-state index is 5.50. The third kappa shape index (κ3) is 4.04. The molecule has 2 aliphatic rings. The van der Waals surface area contributed by atoms with E-state index >= 15 is 0 Å². The second kappa shape index (κ2) is 6.58. The van der Waals surface area contributed by atoms with E-state index in [9.17, 15) is 0 Å². The van der Waals surface area contributed by atoms with E-state index < -0.39 is 0 Å². The molecule has 0 aromatic heterocycles. The SMILES string of the molecule is CC(CN1CCCCC1)NC1CCCOC1. The average molecular weight is 226 g/mol. The van der Waals surface area contributed by atoms with Crippen molar-refractivity contribution in [2.45, 2.75) is 51.1 Å². The van der Waals surface area contributed by atoms with Crippen LogP contribution in [0.1, 0.15) is 39.0 Å². The van der Waals surface area contributed by atoms with Crippen molar-refractivity contribution >= 4 is 0 Å². The molecule has 0 bridgehead atoms. The lowest BCUT2D eigenvalue weighted by Crippen LogP contribution is -2.47.